The SMILES string of the molecule is CC(=O)N1CCC(Nc2nccc(N3CCOc4cnc(-c5ccccc5)nc43)n2)CC1. The lowest BCUT2D eigenvalue weighted by Gasteiger charge is -2.32. The second kappa shape index (κ2) is 8.78. The Kier molecular flexibility index (Phi) is 5.53. The van der Waals surface area contributed by atoms with Gasteiger partial charge in [-0.3, -0.25) is 4.79 Å². The maximum absolute atomic E-state index is 11.6. The number of nitrogens with one attached hydrogen (secondary N) is 1. The molecule has 164 valence electrons. The van der Waals surface area contributed by atoms with E-state index in [-0.39, 0.29) is 11.9 Å². The zero-order chi connectivity index (χ0) is 21.9. The van der Waals surface area contributed by atoms with Crippen LogP contribution < -0.4 is 15.0 Å². The second-order valence-corrected chi connectivity index (χ2v) is 7.91. The molecule has 2 aliphatic heterocycles. The zero-order valence-electron chi connectivity index (χ0n) is 17.9. The molecule has 5 rings (SSSR count). The molecule has 1 N–H and O–H groups in total. The van der Waals surface area contributed by atoms with Crippen molar-refractivity contribution in [3.63, 3.8) is 0 Å². The highest BCUT2D eigenvalue weighted by Crippen LogP contribution is 2.35. The van der Waals surface area contributed by atoms with E-state index in [1.54, 1.807) is 19.3 Å². The molecule has 1 aromatic carbocycles. The van der Waals surface area contributed by atoms with Crippen molar-refractivity contribution in [3.05, 3.63) is 48.8 Å². The number of hydrogen-bond donors (Lipinski definition) is 1. The number of amides is 1. The molecule has 1 amide bonds. The topological polar surface area (TPSA) is 96.4 Å². The summed E-state index contributed by atoms with van der Waals surface area (Å²) in [7, 11) is 0. The lowest BCUT2D eigenvalue weighted by molar-refractivity contribution is -0.129. The van der Waals surface area contributed by atoms with Gasteiger partial charge in [0.25, 0.3) is 0 Å². The van der Waals surface area contributed by atoms with Gasteiger partial charge in [0.1, 0.15) is 12.4 Å². The average Bonchev–Trinajstić information content (AvgIpc) is 2.84. The number of anilines is 3. The van der Waals surface area contributed by atoms with Gasteiger partial charge in [-0.2, -0.15) is 4.98 Å². The average molecular weight is 432 g/mol. The van der Waals surface area contributed by atoms with Crippen molar-refractivity contribution in [3.8, 4) is 17.1 Å². The predicted octanol–water partition coefficient (Wildman–Crippen LogP) is 2.89. The van der Waals surface area contributed by atoms with Gasteiger partial charge >= 0.3 is 0 Å². The number of likely N-dealkylation sites (tertiary alicyclic amines) is 1. The summed E-state index contributed by atoms with van der Waals surface area (Å²) in [4.78, 5) is 33.9. The molecule has 0 atom stereocenters. The van der Waals surface area contributed by atoms with E-state index in [2.05, 4.69) is 15.3 Å². The Balaban J connectivity index is 1.37. The molecular weight excluding hydrogens is 406 g/mol. The molecule has 9 heteroatoms. The fourth-order valence-electron chi connectivity index (χ4n) is 4.05. The number of rotatable bonds is 4. The summed E-state index contributed by atoms with van der Waals surface area (Å²) in [5, 5.41) is 3.43. The molecule has 0 spiro atoms. The molecule has 0 aliphatic carbocycles. The van der Waals surface area contributed by atoms with Gasteiger partial charge in [-0.15, -0.1) is 0 Å². The van der Waals surface area contributed by atoms with Crippen LogP contribution >= 0.6 is 0 Å². The number of nitrogens with zero attached hydrogens (tertiary/aromatic N) is 6. The molecule has 4 heterocycles. The number of carbonyl (C=O) groups is 1. The monoisotopic (exact) mass is 431 g/mol. The van der Waals surface area contributed by atoms with Crippen molar-refractivity contribution in [1.29, 1.82) is 0 Å². The van der Waals surface area contributed by atoms with Gasteiger partial charge < -0.3 is 19.9 Å². The van der Waals surface area contributed by atoms with Gasteiger partial charge in [0, 0.05) is 37.8 Å². The van der Waals surface area contributed by atoms with E-state index in [1.165, 1.54) is 0 Å². The van der Waals surface area contributed by atoms with Crippen molar-refractivity contribution in [2.45, 2.75) is 25.8 Å². The summed E-state index contributed by atoms with van der Waals surface area (Å²) in [6.07, 6.45) is 5.23. The minimum atomic E-state index is 0.129. The first kappa shape index (κ1) is 20.2. The van der Waals surface area contributed by atoms with Crippen LogP contribution in [0.1, 0.15) is 19.8 Å². The van der Waals surface area contributed by atoms with E-state index in [0.717, 1.165) is 37.3 Å². The first-order valence-corrected chi connectivity index (χ1v) is 10.9. The Morgan fingerprint density at radius 3 is 2.66 bits per heavy atom. The lowest BCUT2D eigenvalue weighted by atomic mass is 10.1. The summed E-state index contributed by atoms with van der Waals surface area (Å²) < 4.78 is 5.79. The summed E-state index contributed by atoms with van der Waals surface area (Å²) in [6, 6.07) is 12.0. The third-order valence-electron chi connectivity index (χ3n) is 5.79. The van der Waals surface area contributed by atoms with Crippen LogP contribution in [0.2, 0.25) is 0 Å². The van der Waals surface area contributed by atoms with E-state index in [4.69, 9.17) is 14.7 Å². The number of aromatic nitrogens is 4. The molecule has 2 aromatic heterocycles. The highest BCUT2D eigenvalue weighted by molar-refractivity contribution is 5.73. The van der Waals surface area contributed by atoms with Crippen LogP contribution in [0.15, 0.2) is 48.8 Å². The van der Waals surface area contributed by atoms with Crippen molar-refractivity contribution in [1.82, 2.24) is 24.8 Å². The number of fused-ring (bicyclic) bond motifs is 1. The highest BCUT2D eigenvalue weighted by atomic mass is 16.5. The molecule has 1 fully saturated rings. The van der Waals surface area contributed by atoms with Crippen LogP contribution in [-0.4, -0.2) is 63.0 Å². The first-order chi connectivity index (χ1) is 15.7. The number of piperidine rings is 1. The molecule has 0 bridgehead atoms. The standard InChI is InChI=1S/C23H25N7O2/c1-16(31)29-11-8-18(9-12-29)26-23-24-10-7-20(27-23)30-13-14-32-19-15-25-21(28-22(19)30)17-5-3-2-4-6-17/h2-7,10,15,18H,8-9,11-14H2,1H3,(H,24,26,27). The molecule has 0 radical (unpaired) electrons. The Labute approximate surface area is 186 Å². The summed E-state index contributed by atoms with van der Waals surface area (Å²) in [5.41, 5.74) is 0.947. The Morgan fingerprint density at radius 1 is 1.06 bits per heavy atom. The summed E-state index contributed by atoms with van der Waals surface area (Å²) >= 11 is 0. The van der Waals surface area contributed by atoms with Crippen LogP contribution in [0, 0.1) is 0 Å². The molecule has 2 aliphatic rings. The molecule has 3 aromatic rings. The summed E-state index contributed by atoms with van der Waals surface area (Å²) in [6.45, 7) is 4.28. The van der Waals surface area contributed by atoms with E-state index < -0.39 is 0 Å². The van der Waals surface area contributed by atoms with Gasteiger partial charge in [0.15, 0.2) is 17.4 Å². The van der Waals surface area contributed by atoms with E-state index in [1.807, 2.05) is 46.2 Å². The summed E-state index contributed by atoms with van der Waals surface area (Å²) in [5.74, 6) is 3.44. The van der Waals surface area contributed by atoms with Crippen LogP contribution in [0.25, 0.3) is 11.4 Å². The predicted molar refractivity (Wildman–Crippen MR) is 121 cm³/mol. The van der Waals surface area contributed by atoms with Gasteiger partial charge in [0.2, 0.25) is 11.9 Å². The second-order valence-electron chi connectivity index (χ2n) is 7.91. The fraction of sp³-hybridized carbons (Fsp3) is 0.348. The largest absolute Gasteiger partial charge is 0.486 e. The number of ether oxygens (including phenoxy) is 1. The fourth-order valence-corrected chi connectivity index (χ4v) is 4.05. The minimum absolute atomic E-state index is 0.129. The normalized spacial score (nSPS) is 16.3. The minimum Gasteiger partial charge on any atom is -0.486 e. The Bertz CT molecular complexity index is 1100. The molecule has 32 heavy (non-hydrogen) atoms. The van der Waals surface area contributed by atoms with Gasteiger partial charge in [-0.1, -0.05) is 30.3 Å². The smallest absolute Gasteiger partial charge is 0.224 e. The Morgan fingerprint density at radius 2 is 1.88 bits per heavy atom. The molecule has 0 saturated carbocycles. The first-order valence-electron chi connectivity index (χ1n) is 10.9. The van der Waals surface area contributed by atoms with Crippen molar-refractivity contribution in [2.75, 3.05) is 36.5 Å². The van der Waals surface area contributed by atoms with Gasteiger partial charge in [-0.25, -0.2) is 15.0 Å². The molecule has 0 unspecified atom stereocenters. The number of carbonyl (C=O) groups excluding carboxylic acids is 1. The maximum atomic E-state index is 11.6. The quantitative estimate of drug-likeness (QED) is 0.674. The van der Waals surface area contributed by atoms with Crippen LogP contribution in [-0.2, 0) is 4.79 Å². The molecule has 9 nitrogen and oxygen atoms in total. The van der Waals surface area contributed by atoms with Crippen LogP contribution in [0.3, 0.4) is 0 Å². The number of hydrogen-bond acceptors (Lipinski definition) is 8. The van der Waals surface area contributed by atoms with E-state index in [9.17, 15) is 4.79 Å². The third-order valence-corrected chi connectivity index (χ3v) is 5.79. The van der Waals surface area contributed by atoms with Crippen LogP contribution in [0.4, 0.5) is 17.6 Å². The van der Waals surface area contributed by atoms with Gasteiger partial charge in [-0.05, 0) is 18.9 Å². The molecular formula is C23H25N7O2. The van der Waals surface area contributed by atoms with E-state index >= 15 is 0 Å². The Hall–Kier alpha value is -3.75. The van der Waals surface area contributed by atoms with Crippen molar-refractivity contribution >= 4 is 23.5 Å². The lowest BCUT2D eigenvalue weighted by Crippen LogP contribution is -2.41. The van der Waals surface area contributed by atoms with Crippen LogP contribution in [0.5, 0.6) is 5.75 Å². The van der Waals surface area contributed by atoms with E-state index in [0.29, 0.717) is 36.5 Å². The number of benzene rings is 1. The van der Waals surface area contributed by atoms with Crippen molar-refractivity contribution < 1.29 is 9.53 Å². The van der Waals surface area contributed by atoms with Gasteiger partial charge in [0.05, 0.1) is 12.7 Å². The maximum Gasteiger partial charge on any atom is 0.224 e. The van der Waals surface area contributed by atoms with Crippen molar-refractivity contribution in [2.24, 2.45) is 0 Å². The highest BCUT2D eigenvalue weighted by Gasteiger charge is 2.25. The third kappa shape index (κ3) is 4.18. The zero-order valence-corrected chi connectivity index (χ0v) is 17.9. The molecule has 1 saturated heterocycles.